The lowest BCUT2D eigenvalue weighted by atomic mass is 10.0. The van der Waals surface area contributed by atoms with Gasteiger partial charge in [0.15, 0.2) is 0 Å². The van der Waals surface area contributed by atoms with Crippen molar-refractivity contribution in [2.75, 3.05) is 13.7 Å². The summed E-state index contributed by atoms with van der Waals surface area (Å²) >= 11 is 0. The van der Waals surface area contributed by atoms with Crippen LogP contribution in [-0.2, 0) is 21.5 Å². The van der Waals surface area contributed by atoms with Gasteiger partial charge in [0, 0.05) is 12.6 Å². The second-order valence-electron chi connectivity index (χ2n) is 8.07. The Kier molecular flexibility index (Phi) is 6.09. The van der Waals surface area contributed by atoms with Crippen LogP contribution in [0.25, 0.3) is 0 Å². The lowest BCUT2D eigenvalue weighted by molar-refractivity contribution is -0.110. The normalized spacial score (nSPS) is 21.0. The van der Waals surface area contributed by atoms with Crippen molar-refractivity contribution in [2.24, 2.45) is 0 Å². The zero-order valence-corrected chi connectivity index (χ0v) is 17.6. The van der Waals surface area contributed by atoms with E-state index in [2.05, 4.69) is 4.72 Å². The van der Waals surface area contributed by atoms with E-state index < -0.39 is 26.9 Å². The van der Waals surface area contributed by atoms with E-state index in [9.17, 15) is 8.42 Å². The number of sulfonamides is 1. The van der Waals surface area contributed by atoms with Gasteiger partial charge in [0.2, 0.25) is 10.0 Å². The number of hydrogen-bond acceptors (Lipinski definition) is 5. The van der Waals surface area contributed by atoms with Gasteiger partial charge in [-0.05, 0) is 44.0 Å². The molecule has 1 saturated heterocycles. The molecule has 6 nitrogen and oxygen atoms in total. The fourth-order valence-corrected chi connectivity index (χ4v) is 5.23. The molecule has 1 heterocycles. The van der Waals surface area contributed by atoms with Crippen molar-refractivity contribution in [3.05, 3.63) is 65.7 Å². The van der Waals surface area contributed by atoms with Crippen molar-refractivity contribution in [2.45, 2.75) is 44.2 Å². The highest BCUT2D eigenvalue weighted by Crippen LogP contribution is 2.35. The third-order valence-electron chi connectivity index (χ3n) is 4.48. The topological polar surface area (TPSA) is 67.9 Å². The van der Waals surface area contributed by atoms with Gasteiger partial charge in [0.1, 0.15) is 17.6 Å². The van der Waals surface area contributed by atoms with E-state index in [-0.39, 0.29) is 6.61 Å². The summed E-state index contributed by atoms with van der Waals surface area (Å²) in [6, 6.07) is 17.0. The highest BCUT2D eigenvalue weighted by Gasteiger charge is 2.44. The summed E-state index contributed by atoms with van der Waals surface area (Å²) in [5.41, 5.74) is 1.37. The molecule has 2 aromatic rings. The van der Waals surface area contributed by atoms with E-state index in [4.69, 9.17) is 9.57 Å². The van der Waals surface area contributed by atoms with Crippen LogP contribution < -0.4 is 9.46 Å². The van der Waals surface area contributed by atoms with Gasteiger partial charge in [0.05, 0.1) is 12.6 Å². The first-order valence-electron chi connectivity index (χ1n) is 9.31. The SMILES string of the molecule is CN1OC[C@H](S(=O)(=O)NC(C)(C)C)[C@H]1c1cccc(OCc2ccccc2)c1. The molecule has 2 atom stereocenters. The fraction of sp³-hybridized carbons (Fsp3) is 0.429. The third kappa shape index (κ3) is 5.11. The summed E-state index contributed by atoms with van der Waals surface area (Å²) in [7, 11) is -1.81. The maximum absolute atomic E-state index is 12.9. The Bertz CT molecular complexity index is 894. The van der Waals surface area contributed by atoms with Gasteiger partial charge in [-0.1, -0.05) is 42.5 Å². The molecule has 0 spiro atoms. The van der Waals surface area contributed by atoms with Gasteiger partial charge in [-0.2, -0.15) is 5.06 Å². The van der Waals surface area contributed by atoms with E-state index >= 15 is 0 Å². The van der Waals surface area contributed by atoms with E-state index in [0.29, 0.717) is 12.4 Å². The summed E-state index contributed by atoms with van der Waals surface area (Å²) in [6.07, 6.45) is 0. The first-order chi connectivity index (χ1) is 13.2. The van der Waals surface area contributed by atoms with Crippen molar-refractivity contribution in [1.82, 2.24) is 9.79 Å². The number of hydroxylamine groups is 2. The summed E-state index contributed by atoms with van der Waals surface area (Å²) in [5, 5.41) is 0.907. The van der Waals surface area contributed by atoms with Crippen LogP contribution in [0.1, 0.15) is 37.9 Å². The Morgan fingerprint density at radius 1 is 1.14 bits per heavy atom. The van der Waals surface area contributed by atoms with Crippen molar-refractivity contribution in [3.63, 3.8) is 0 Å². The molecular formula is C21H28N2O4S. The van der Waals surface area contributed by atoms with Gasteiger partial charge in [-0.25, -0.2) is 13.1 Å². The molecule has 0 amide bonds. The smallest absolute Gasteiger partial charge is 0.219 e. The lowest BCUT2D eigenvalue weighted by Crippen LogP contribution is -2.47. The molecule has 0 radical (unpaired) electrons. The summed E-state index contributed by atoms with van der Waals surface area (Å²) in [4.78, 5) is 5.58. The second kappa shape index (κ2) is 8.21. The first-order valence-corrected chi connectivity index (χ1v) is 10.9. The molecule has 0 bridgehead atoms. The van der Waals surface area contributed by atoms with Gasteiger partial charge in [0.25, 0.3) is 0 Å². The van der Waals surface area contributed by atoms with Crippen molar-refractivity contribution < 1.29 is 18.0 Å². The highest BCUT2D eigenvalue weighted by atomic mass is 32.2. The van der Waals surface area contributed by atoms with Crippen molar-refractivity contribution >= 4 is 10.0 Å². The first kappa shape index (κ1) is 20.8. The van der Waals surface area contributed by atoms with E-state index in [0.717, 1.165) is 11.1 Å². The Morgan fingerprint density at radius 2 is 1.86 bits per heavy atom. The molecule has 1 N–H and O–H groups in total. The third-order valence-corrected chi connectivity index (χ3v) is 6.57. The summed E-state index contributed by atoms with van der Waals surface area (Å²) < 4.78 is 34.5. The number of nitrogens with zero attached hydrogens (tertiary/aromatic N) is 1. The minimum absolute atomic E-state index is 0.113. The zero-order valence-electron chi connectivity index (χ0n) is 16.8. The Labute approximate surface area is 167 Å². The number of rotatable bonds is 6. The number of nitrogens with one attached hydrogen (secondary N) is 1. The summed E-state index contributed by atoms with van der Waals surface area (Å²) in [6.45, 7) is 6.06. The minimum Gasteiger partial charge on any atom is -0.489 e. The molecule has 152 valence electrons. The van der Waals surface area contributed by atoms with Crippen LogP contribution in [0.15, 0.2) is 54.6 Å². The van der Waals surface area contributed by atoms with Crippen LogP contribution in [0.4, 0.5) is 0 Å². The average Bonchev–Trinajstić information content (AvgIpc) is 3.02. The molecule has 3 rings (SSSR count). The molecule has 0 aliphatic carbocycles. The van der Waals surface area contributed by atoms with E-state index in [1.165, 1.54) is 0 Å². The molecule has 1 aliphatic heterocycles. The van der Waals surface area contributed by atoms with Crippen LogP contribution in [0.5, 0.6) is 5.75 Å². The maximum atomic E-state index is 12.9. The molecule has 0 saturated carbocycles. The molecular weight excluding hydrogens is 376 g/mol. The molecule has 1 aliphatic rings. The van der Waals surface area contributed by atoms with E-state index in [1.807, 2.05) is 75.4 Å². The minimum atomic E-state index is -3.57. The maximum Gasteiger partial charge on any atom is 0.219 e. The summed E-state index contributed by atoms with van der Waals surface area (Å²) in [5.74, 6) is 0.696. The van der Waals surface area contributed by atoms with Crippen molar-refractivity contribution in [3.8, 4) is 5.75 Å². The van der Waals surface area contributed by atoms with Crippen LogP contribution in [0, 0.1) is 0 Å². The van der Waals surface area contributed by atoms with Crippen LogP contribution in [-0.4, -0.2) is 37.9 Å². The highest BCUT2D eigenvalue weighted by molar-refractivity contribution is 7.90. The quantitative estimate of drug-likeness (QED) is 0.800. The van der Waals surface area contributed by atoms with Crippen LogP contribution in [0.3, 0.4) is 0 Å². The molecule has 7 heteroatoms. The standard InChI is InChI=1S/C21H28N2O4S/c1-21(2,3)22-28(24,25)19-15-27-23(4)20(19)17-11-8-12-18(13-17)26-14-16-9-6-5-7-10-16/h5-13,19-20,22H,14-15H2,1-4H3/t19-,20+/m0/s1. The Balaban J connectivity index is 1.80. The molecule has 28 heavy (non-hydrogen) atoms. The predicted molar refractivity (Wildman–Crippen MR) is 109 cm³/mol. The van der Waals surface area contributed by atoms with Gasteiger partial charge < -0.3 is 4.74 Å². The van der Waals surface area contributed by atoms with Gasteiger partial charge in [-0.3, -0.25) is 4.84 Å². The number of hydrogen-bond donors (Lipinski definition) is 1. The monoisotopic (exact) mass is 404 g/mol. The van der Waals surface area contributed by atoms with E-state index in [1.54, 1.807) is 12.1 Å². The van der Waals surface area contributed by atoms with Crippen LogP contribution in [0.2, 0.25) is 0 Å². The van der Waals surface area contributed by atoms with Gasteiger partial charge >= 0.3 is 0 Å². The molecule has 0 aromatic heterocycles. The number of benzene rings is 2. The lowest BCUT2D eigenvalue weighted by Gasteiger charge is -2.27. The molecule has 2 aromatic carbocycles. The molecule has 0 unspecified atom stereocenters. The predicted octanol–water partition coefficient (Wildman–Crippen LogP) is 3.27. The Morgan fingerprint density at radius 3 is 2.54 bits per heavy atom. The number of ether oxygens (including phenoxy) is 1. The molecule has 1 fully saturated rings. The largest absolute Gasteiger partial charge is 0.489 e. The van der Waals surface area contributed by atoms with Gasteiger partial charge in [-0.15, -0.1) is 0 Å². The zero-order chi connectivity index (χ0) is 20.4. The fourth-order valence-electron chi connectivity index (χ4n) is 3.31. The second-order valence-corrected chi connectivity index (χ2v) is 9.97. The van der Waals surface area contributed by atoms with Crippen LogP contribution >= 0.6 is 0 Å². The Hall–Kier alpha value is -1.93. The van der Waals surface area contributed by atoms with Crippen molar-refractivity contribution in [1.29, 1.82) is 0 Å². The average molecular weight is 405 g/mol.